The van der Waals surface area contributed by atoms with E-state index in [1.54, 1.807) is 62.8 Å². The van der Waals surface area contributed by atoms with Gasteiger partial charge in [-0.15, -0.1) is 0 Å². The number of carbonyl (C=O) groups is 4. The van der Waals surface area contributed by atoms with Crippen LogP contribution in [0.25, 0.3) is 12.2 Å². The summed E-state index contributed by atoms with van der Waals surface area (Å²) in [5, 5.41) is 10.5. The third kappa shape index (κ3) is 5.30. The molecule has 4 amide bonds. The van der Waals surface area contributed by atoms with Crippen molar-refractivity contribution in [2.45, 2.75) is 25.7 Å². The van der Waals surface area contributed by atoms with Gasteiger partial charge in [0.05, 0.1) is 55.9 Å². The fraction of sp³-hybridized carbons (Fsp3) is 0.273. The summed E-state index contributed by atoms with van der Waals surface area (Å²) in [6.45, 7) is 1.84. The number of fused-ring (bicyclic) bond motifs is 4. The number of amides is 4. The molecule has 1 N–H and O–H groups in total. The molecule has 10 nitrogen and oxygen atoms in total. The van der Waals surface area contributed by atoms with Crippen molar-refractivity contribution >= 4 is 47.2 Å². The van der Waals surface area contributed by atoms with Gasteiger partial charge in [0.1, 0.15) is 11.5 Å². The smallest absolute Gasteiger partial charge is 0.241 e. The Morgan fingerprint density at radius 1 is 0.722 bits per heavy atom. The lowest BCUT2D eigenvalue weighted by Gasteiger charge is -2.49. The topological polar surface area (TPSA) is 123 Å². The van der Waals surface area contributed by atoms with Crippen LogP contribution in [0.1, 0.15) is 42.4 Å². The Labute approximate surface area is 313 Å². The van der Waals surface area contributed by atoms with Crippen molar-refractivity contribution in [3.63, 3.8) is 0 Å². The molecule has 6 atom stereocenters. The van der Waals surface area contributed by atoms with E-state index in [1.807, 2.05) is 61.5 Å². The number of phenolic OH excluding ortho intramolecular Hbond substituents is 1. The Balaban J connectivity index is 1.14. The molecule has 2 aliphatic heterocycles. The maximum Gasteiger partial charge on any atom is 0.241 e. The zero-order valence-electron chi connectivity index (χ0n) is 30.4. The summed E-state index contributed by atoms with van der Waals surface area (Å²) in [5.41, 5.74) is 2.99. The van der Waals surface area contributed by atoms with Gasteiger partial charge < -0.3 is 19.3 Å². The van der Waals surface area contributed by atoms with Crippen LogP contribution in [0.3, 0.4) is 0 Å². The van der Waals surface area contributed by atoms with Crippen molar-refractivity contribution in [1.82, 2.24) is 0 Å². The van der Waals surface area contributed by atoms with Gasteiger partial charge in [0, 0.05) is 11.5 Å². The maximum atomic E-state index is 14.6. The first-order chi connectivity index (χ1) is 26.1. The number of aromatic hydroxyl groups is 1. The van der Waals surface area contributed by atoms with Crippen LogP contribution < -0.4 is 24.0 Å². The van der Waals surface area contributed by atoms with Crippen LogP contribution in [0.2, 0.25) is 0 Å². The summed E-state index contributed by atoms with van der Waals surface area (Å²) >= 11 is 0. The lowest BCUT2D eigenvalue weighted by molar-refractivity contribution is -0.131. The van der Waals surface area contributed by atoms with Gasteiger partial charge >= 0.3 is 0 Å². The van der Waals surface area contributed by atoms with E-state index < -0.39 is 35.0 Å². The standard InChI is InChI=1S/C44H40N2O8/c1-44-34(41(49)46(43(44)51)28-8-6-5-7-9-28)24-33-31(39(44)27-14-20-35(47)37(23-27)54-4)18-19-32-38(33)42(50)45(40(32)48)29-15-11-25(12-16-29)10-13-26-22-30(52-2)17-21-36(26)53-3/h5-18,20-23,32-34,38-39,47H,19,24H2,1-4H3. The zero-order chi connectivity index (χ0) is 37.9. The molecule has 0 bridgehead atoms. The van der Waals surface area contributed by atoms with Gasteiger partial charge in [-0.1, -0.05) is 60.2 Å². The summed E-state index contributed by atoms with van der Waals surface area (Å²) in [4.78, 5) is 60.2. The van der Waals surface area contributed by atoms with Crippen LogP contribution in [0.4, 0.5) is 11.4 Å². The first kappa shape index (κ1) is 34.9. The molecule has 2 aliphatic carbocycles. The van der Waals surface area contributed by atoms with E-state index in [1.165, 1.54) is 23.0 Å². The number of hydrogen-bond acceptors (Lipinski definition) is 8. The van der Waals surface area contributed by atoms with E-state index in [-0.39, 0.29) is 41.5 Å². The molecule has 8 rings (SSSR count). The third-order valence-corrected chi connectivity index (χ3v) is 11.9. The second kappa shape index (κ2) is 13.4. The number of anilines is 2. The Morgan fingerprint density at radius 2 is 1.44 bits per heavy atom. The number of methoxy groups -OCH3 is 3. The monoisotopic (exact) mass is 724 g/mol. The zero-order valence-corrected chi connectivity index (χ0v) is 30.4. The maximum absolute atomic E-state index is 14.6. The first-order valence-corrected chi connectivity index (χ1v) is 18.0. The van der Waals surface area contributed by atoms with Gasteiger partial charge in [-0.3, -0.25) is 24.1 Å². The molecule has 0 spiro atoms. The quantitative estimate of drug-likeness (QED) is 0.117. The van der Waals surface area contributed by atoms with E-state index in [4.69, 9.17) is 14.2 Å². The Kier molecular flexibility index (Phi) is 8.63. The van der Waals surface area contributed by atoms with Gasteiger partial charge in [-0.05, 0) is 91.4 Å². The summed E-state index contributed by atoms with van der Waals surface area (Å²) < 4.78 is 16.3. The molecule has 1 saturated carbocycles. The lowest BCUT2D eigenvalue weighted by atomic mass is 9.51. The van der Waals surface area contributed by atoms with E-state index in [9.17, 15) is 24.3 Å². The number of ether oxygens (including phenoxy) is 3. The molecule has 2 saturated heterocycles. The minimum atomic E-state index is -1.20. The number of rotatable bonds is 8. The second-order valence-electron chi connectivity index (χ2n) is 14.5. The highest BCUT2D eigenvalue weighted by molar-refractivity contribution is 6.25. The normalized spacial score (nSPS) is 26.1. The van der Waals surface area contributed by atoms with Crippen molar-refractivity contribution < 1.29 is 38.5 Å². The van der Waals surface area contributed by atoms with Gasteiger partial charge in [-0.25, -0.2) is 4.90 Å². The number of para-hydroxylation sites is 1. The highest BCUT2D eigenvalue weighted by atomic mass is 16.5. The minimum Gasteiger partial charge on any atom is -0.504 e. The van der Waals surface area contributed by atoms with E-state index in [2.05, 4.69) is 0 Å². The Hall–Kier alpha value is -6.16. The lowest BCUT2D eigenvalue weighted by Crippen LogP contribution is -2.48. The van der Waals surface area contributed by atoms with Gasteiger partial charge in [0.15, 0.2) is 11.5 Å². The van der Waals surface area contributed by atoms with Crippen molar-refractivity contribution in [2.24, 2.45) is 29.1 Å². The summed E-state index contributed by atoms with van der Waals surface area (Å²) in [5.74, 6) is -2.83. The number of benzene rings is 4. The molecule has 54 heavy (non-hydrogen) atoms. The van der Waals surface area contributed by atoms with Crippen molar-refractivity contribution in [3.8, 4) is 23.0 Å². The van der Waals surface area contributed by atoms with Crippen molar-refractivity contribution in [1.29, 1.82) is 0 Å². The van der Waals surface area contributed by atoms with Gasteiger partial charge in [0.2, 0.25) is 23.6 Å². The van der Waals surface area contributed by atoms with E-state index in [0.29, 0.717) is 34.9 Å². The second-order valence-corrected chi connectivity index (χ2v) is 14.5. The SMILES string of the molecule is COc1ccc(OC)c(C=Cc2ccc(N3C(=O)C4CC=C5C(CC6C(=O)N(c7ccccc7)C(=O)C6(C)C5c5ccc(O)c(OC)c5)C4C3=O)cc2)c1. The fourth-order valence-electron chi connectivity index (χ4n) is 9.24. The molecule has 2 heterocycles. The number of hydrogen-bond donors (Lipinski definition) is 1. The Bertz CT molecular complexity index is 2250. The van der Waals surface area contributed by atoms with Crippen LogP contribution in [-0.4, -0.2) is 50.1 Å². The minimum absolute atomic E-state index is 0.0542. The number of phenols is 1. The summed E-state index contributed by atoms with van der Waals surface area (Å²) in [6, 6.07) is 26.6. The fourth-order valence-corrected chi connectivity index (χ4v) is 9.24. The van der Waals surface area contributed by atoms with Crippen LogP contribution in [-0.2, 0) is 19.2 Å². The van der Waals surface area contributed by atoms with Crippen molar-refractivity contribution in [3.05, 3.63) is 119 Å². The predicted molar refractivity (Wildman–Crippen MR) is 203 cm³/mol. The summed E-state index contributed by atoms with van der Waals surface area (Å²) in [6.07, 6.45) is 6.40. The number of allylic oxidation sites excluding steroid dienone is 2. The molecule has 0 aromatic heterocycles. The number of nitrogens with zero attached hydrogens (tertiary/aromatic N) is 2. The number of carbonyl (C=O) groups excluding carboxylic acids is 4. The van der Waals surface area contributed by atoms with E-state index in [0.717, 1.165) is 16.7 Å². The Morgan fingerprint density at radius 3 is 2.15 bits per heavy atom. The molecule has 0 radical (unpaired) electrons. The highest BCUT2D eigenvalue weighted by Gasteiger charge is 2.67. The van der Waals surface area contributed by atoms with Gasteiger partial charge in [0.25, 0.3) is 0 Å². The average Bonchev–Trinajstić information content (AvgIpc) is 3.56. The molecule has 4 aromatic carbocycles. The number of imide groups is 2. The molecule has 6 unspecified atom stereocenters. The summed E-state index contributed by atoms with van der Waals surface area (Å²) in [7, 11) is 4.67. The van der Waals surface area contributed by atoms with Crippen molar-refractivity contribution in [2.75, 3.05) is 31.1 Å². The molecular formula is C44H40N2O8. The molecular weight excluding hydrogens is 684 g/mol. The largest absolute Gasteiger partial charge is 0.504 e. The molecule has 274 valence electrons. The predicted octanol–water partition coefficient (Wildman–Crippen LogP) is 7.02. The highest BCUT2D eigenvalue weighted by Crippen LogP contribution is 2.64. The van der Waals surface area contributed by atoms with Crippen LogP contribution in [0.5, 0.6) is 23.0 Å². The first-order valence-electron chi connectivity index (χ1n) is 18.0. The van der Waals surface area contributed by atoms with Crippen LogP contribution in [0.15, 0.2) is 103 Å². The average molecular weight is 725 g/mol. The van der Waals surface area contributed by atoms with Gasteiger partial charge in [-0.2, -0.15) is 0 Å². The molecule has 4 aromatic rings. The molecule has 10 heteroatoms. The van der Waals surface area contributed by atoms with E-state index >= 15 is 0 Å². The molecule has 3 fully saturated rings. The van der Waals surface area contributed by atoms with Crippen LogP contribution >= 0.6 is 0 Å². The van der Waals surface area contributed by atoms with Crippen LogP contribution in [0, 0.1) is 29.1 Å². The molecule has 4 aliphatic rings. The third-order valence-electron chi connectivity index (χ3n) is 11.9.